The Hall–Kier alpha value is -3.64. The van der Waals surface area contributed by atoms with E-state index in [0.717, 1.165) is 21.8 Å². The molecular formula is C23H19N3O3. The number of benzene rings is 2. The summed E-state index contributed by atoms with van der Waals surface area (Å²) in [5, 5.41) is 12.1. The fourth-order valence-electron chi connectivity index (χ4n) is 4.13. The van der Waals surface area contributed by atoms with Crippen molar-refractivity contribution in [3.05, 3.63) is 72.1 Å². The average molecular weight is 385 g/mol. The lowest BCUT2D eigenvalue weighted by atomic mass is 9.95. The second-order valence-corrected chi connectivity index (χ2v) is 7.48. The van der Waals surface area contributed by atoms with Crippen molar-refractivity contribution in [3.8, 4) is 0 Å². The number of carbonyl (C=O) groups is 2. The summed E-state index contributed by atoms with van der Waals surface area (Å²) < 4.78 is 2.07. The first-order valence-corrected chi connectivity index (χ1v) is 9.47. The predicted octanol–water partition coefficient (Wildman–Crippen LogP) is 4.37. The van der Waals surface area contributed by atoms with E-state index in [1.165, 1.54) is 0 Å². The van der Waals surface area contributed by atoms with Crippen molar-refractivity contribution in [2.24, 2.45) is 0 Å². The molecule has 2 aromatic heterocycles. The van der Waals surface area contributed by atoms with Gasteiger partial charge in [-0.1, -0.05) is 36.4 Å². The third kappa shape index (κ3) is 2.39. The van der Waals surface area contributed by atoms with Crippen LogP contribution < -0.4 is 0 Å². The Kier molecular flexibility index (Phi) is 3.72. The van der Waals surface area contributed by atoms with Gasteiger partial charge in [-0.3, -0.25) is 14.8 Å². The Morgan fingerprint density at radius 2 is 1.48 bits per heavy atom. The smallest absolute Gasteiger partial charge is 0.286 e. The Morgan fingerprint density at radius 3 is 2.21 bits per heavy atom. The van der Waals surface area contributed by atoms with E-state index in [0.29, 0.717) is 11.1 Å². The third-order valence-electron chi connectivity index (χ3n) is 5.49. The fraction of sp³-hybridized carbons (Fsp3) is 0.130. The number of para-hydroxylation sites is 2. The summed E-state index contributed by atoms with van der Waals surface area (Å²) >= 11 is 0. The first kappa shape index (κ1) is 17.5. The minimum atomic E-state index is -0.712. The van der Waals surface area contributed by atoms with Crippen molar-refractivity contribution in [3.63, 3.8) is 0 Å². The van der Waals surface area contributed by atoms with Crippen LogP contribution in [-0.4, -0.2) is 31.6 Å². The fourth-order valence-corrected chi connectivity index (χ4v) is 4.13. The zero-order valence-electron chi connectivity index (χ0n) is 16.0. The summed E-state index contributed by atoms with van der Waals surface area (Å²) in [4.78, 5) is 29.0. The molecule has 6 nitrogen and oxygen atoms in total. The summed E-state index contributed by atoms with van der Waals surface area (Å²) in [5.74, 6) is -1.42. The summed E-state index contributed by atoms with van der Waals surface area (Å²) in [7, 11) is 0. The summed E-state index contributed by atoms with van der Waals surface area (Å²) in [6.45, 7) is 4.12. The molecule has 144 valence electrons. The van der Waals surface area contributed by atoms with Crippen LogP contribution in [0.4, 0.5) is 0 Å². The number of aromatic amines is 1. The number of carbonyl (C=O) groups excluding carboxylic acids is 2. The number of rotatable bonds is 3. The van der Waals surface area contributed by atoms with E-state index in [1.54, 1.807) is 6.20 Å². The molecular weight excluding hydrogens is 366 g/mol. The molecule has 3 heterocycles. The minimum absolute atomic E-state index is 0.170. The van der Waals surface area contributed by atoms with Gasteiger partial charge in [-0.2, -0.15) is 0 Å². The molecule has 2 amide bonds. The number of hydrogen-bond donors (Lipinski definition) is 2. The quantitative estimate of drug-likeness (QED) is 0.406. The first-order valence-electron chi connectivity index (χ1n) is 9.47. The standard InChI is InChI=1S/C23H19N3O3/c1-13(2)25-12-17(15-8-4-6-10-19(15)25)21-20(22(27)26(29)23(21)28)16-11-24-18-9-5-3-7-14(16)18/h3-13,24,29H,1-2H3. The summed E-state index contributed by atoms with van der Waals surface area (Å²) in [6.07, 6.45) is 3.61. The highest BCUT2D eigenvalue weighted by Gasteiger charge is 2.41. The van der Waals surface area contributed by atoms with Gasteiger partial charge in [-0.15, -0.1) is 5.06 Å². The van der Waals surface area contributed by atoms with E-state index in [4.69, 9.17) is 0 Å². The Morgan fingerprint density at radius 1 is 0.862 bits per heavy atom. The monoisotopic (exact) mass is 385 g/mol. The first-order chi connectivity index (χ1) is 14.0. The normalized spacial score (nSPS) is 15.0. The molecule has 29 heavy (non-hydrogen) atoms. The van der Waals surface area contributed by atoms with Gasteiger partial charge >= 0.3 is 0 Å². The lowest BCUT2D eigenvalue weighted by Gasteiger charge is -2.08. The van der Waals surface area contributed by atoms with Crippen molar-refractivity contribution in [1.82, 2.24) is 14.6 Å². The number of fused-ring (bicyclic) bond motifs is 2. The van der Waals surface area contributed by atoms with Gasteiger partial charge in [0.25, 0.3) is 11.8 Å². The van der Waals surface area contributed by atoms with Gasteiger partial charge < -0.3 is 9.55 Å². The van der Waals surface area contributed by atoms with Crippen molar-refractivity contribution >= 4 is 44.8 Å². The van der Waals surface area contributed by atoms with Crippen LogP contribution >= 0.6 is 0 Å². The topological polar surface area (TPSA) is 78.3 Å². The van der Waals surface area contributed by atoms with Gasteiger partial charge in [0.1, 0.15) is 0 Å². The Labute approximate surface area is 166 Å². The number of aromatic nitrogens is 2. The molecule has 0 bridgehead atoms. The van der Waals surface area contributed by atoms with Gasteiger partial charge in [0.2, 0.25) is 0 Å². The molecule has 6 heteroatoms. The van der Waals surface area contributed by atoms with Gasteiger partial charge in [0, 0.05) is 51.4 Å². The van der Waals surface area contributed by atoms with Crippen LogP contribution in [0.5, 0.6) is 0 Å². The van der Waals surface area contributed by atoms with E-state index in [9.17, 15) is 14.8 Å². The molecule has 5 rings (SSSR count). The average Bonchev–Trinajstić information content (AvgIpc) is 3.37. The van der Waals surface area contributed by atoms with Crippen LogP contribution in [-0.2, 0) is 9.59 Å². The van der Waals surface area contributed by atoms with E-state index in [-0.39, 0.29) is 22.3 Å². The molecule has 2 aromatic carbocycles. The molecule has 1 aliphatic heterocycles. The van der Waals surface area contributed by atoms with E-state index in [2.05, 4.69) is 23.4 Å². The van der Waals surface area contributed by atoms with Gasteiger partial charge in [-0.25, -0.2) is 0 Å². The zero-order valence-corrected chi connectivity index (χ0v) is 16.0. The number of hydroxylamine groups is 2. The number of imide groups is 1. The number of H-pyrrole nitrogens is 1. The number of nitrogens with zero attached hydrogens (tertiary/aromatic N) is 2. The van der Waals surface area contributed by atoms with E-state index >= 15 is 0 Å². The van der Waals surface area contributed by atoms with Crippen LogP contribution in [0.1, 0.15) is 31.0 Å². The van der Waals surface area contributed by atoms with Crippen molar-refractivity contribution < 1.29 is 14.8 Å². The molecule has 2 N–H and O–H groups in total. The third-order valence-corrected chi connectivity index (χ3v) is 5.49. The van der Waals surface area contributed by atoms with E-state index in [1.807, 2.05) is 54.7 Å². The molecule has 0 aliphatic carbocycles. The lowest BCUT2D eigenvalue weighted by Crippen LogP contribution is -2.27. The summed E-state index contributed by atoms with van der Waals surface area (Å²) in [6, 6.07) is 15.5. The molecule has 0 spiro atoms. The second-order valence-electron chi connectivity index (χ2n) is 7.48. The van der Waals surface area contributed by atoms with E-state index < -0.39 is 11.8 Å². The van der Waals surface area contributed by atoms with Gasteiger partial charge in [-0.05, 0) is 26.0 Å². The second kappa shape index (κ2) is 6.18. The molecule has 0 unspecified atom stereocenters. The maximum Gasteiger partial charge on any atom is 0.286 e. The number of nitrogens with one attached hydrogen (secondary N) is 1. The highest BCUT2D eigenvalue weighted by atomic mass is 16.5. The lowest BCUT2D eigenvalue weighted by molar-refractivity contribution is -0.168. The van der Waals surface area contributed by atoms with Crippen LogP contribution in [0.15, 0.2) is 60.9 Å². The minimum Gasteiger partial charge on any atom is -0.361 e. The van der Waals surface area contributed by atoms with Crippen molar-refractivity contribution in [1.29, 1.82) is 0 Å². The molecule has 0 fully saturated rings. The summed E-state index contributed by atoms with van der Waals surface area (Å²) in [5.41, 5.74) is 3.51. The molecule has 0 radical (unpaired) electrons. The molecule has 0 atom stereocenters. The number of amides is 2. The SMILES string of the molecule is CC(C)n1cc(C2=C(c3c[nH]c4ccccc34)C(=O)N(O)C2=O)c2ccccc21. The van der Waals surface area contributed by atoms with Crippen molar-refractivity contribution in [2.45, 2.75) is 19.9 Å². The molecule has 4 aromatic rings. The highest BCUT2D eigenvalue weighted by Crippen LogP contribution is 2.41. The Balaban J connectivity index is 1.87. The highest BCUT2D eigenvalue weighted by molar-refractivity contribution is 6.50. The Bertz CT molecular complexity index is 1340. The van der Waals surface area contributed by atoms with Crippen molar-refractivity contribution in [2.75, 3.05) is 0 Å². The number of hydrogen-bond acceptors (Lipinski definition) is 3. The largest absolute Gasteiger partial charge is 0.361 e. The maximum absolute atomic E-state index is 13.0. The predicted molar refractivity (Wildman–Crippen MR) is 111 cm³/mol. The molecule has 0 saturated heterocycles. The maximum atomic E-state index is 13.0. The van der Waals surface area contributed by atoms with Gasteiger partial charge in [0.05, 0.1) is 11.1 Å². The van der Waals surface area contributed by atoms with Crippen LogP contribution in [0, 0.1) is 0 Å². The van der Waals surface area contributed by atoms with Gasteiger partial charge in [0.15, 0.2) is 0 Å². The molecule has 0 saturated carbocycles. The van der Waals surface area contributed by atoms with Crippen LogP contribution in [0.25, 0.3) is 33.0 Å². The molecule has 1 aliphatic rings. The van der Waals surface area contributed by atoms with Crippen LogP contribution in [0.3, 0.4) is 0 Å². The zero-order chi connectivity index (χ0) is 20.3. The van der Waals surface area contributed by atoms with Crippen LogP contribution in [0.2, 0.25) is 0 Å².